The molecule has 0 aromatic carbocycles. The second-order valence-electron chi connectivity index (χ2n) is 2.81. The Morgan fingerprint density at radius 3 is 1.81 bits per heavy atom. The second kappa shape index (κ2) is 5.59. The maximum Gasteiger partial charge on any atom is 0.236 e. The van der Waals surface area contributed by atoms with Crippen molar-refractivity contribution in [2.24, 2.45) is 9.98 Å². The average Bonchev–Trinajstić information content (AvgIpc) is 2.96. The van der Waals surface area contributed by atoms with Crippen LogP contribution in [0, 0.1) is 0 Å². The summed E-state index contributed by atoms with van der Waals surface area (Å²) in [6.45, 7) is 1.14. The van der Waals surface area contributed by atoms with Crippen molar-refractivity contribution in [3.8, 4) is 0 Å². The highest BCUT2D eigenvalue weighted by molar-refractivity contribution is 5.73. The van der Waals surface area contributed by atoms with Crippen molar-refractivity contribution in [3.05, 3.63) is 36.7 Å². The van der Waals surface area contributed by atoms with Gasteiger partial charge in [-0.2, -0.15) is 0 Å². The minimum absolute atomic E-state index is 0.497. The number of aromatic nitrogens is 2. The van der Waals surface area contributed by atoms with E-state index in [2.05, 4.69) is 20.0 Å². The van der Waals surface area contributed by atoms with Gasteiger partial charge in [0.15, 0.2) is 0 Å². The Bertz CT molecular complexity index is 401. The number of rotatable bonds is 5. The molecule has 0 aliphatic carbocycles. The van der Waals surface area contributed by atoms with E-state index in [9.17, 15) is 0 Å². The summed E-state index contributed by atoms with van der Waals surface area (Å²) in [6.07, 6.45) is 9.29. The minimum Gasteiger partial charge on any atom is -0.444 e. The van der Waals surface area contributed by atoms with E-state index in [1.807, 2.05) is 0 Å². The Balaban J connectivity index is 1.69. The molecule has 16 heavy (non-hydrogen) atoms. The van der Waals surface area contributed by atoms with E-state index in [1.54, 1.807) is 24.8 Å². The number of aliphatic imine (C=N–C) groups is 2. The molecule has 0 atom stereocenters. The summed E-state index contributed by atoms with van der Waals surface area (Å²) in [5.41, 5.74) is 0. The Morgan fingerprint density at radius 1 is 0.938 bits per heavy atom. The number of oxazole rings is 2. The van der Waals surface area contributed by atoms with E-state index in [-0.39, 0.29) is 0 Å². The molecule has 6 nitrogen and oxygen atoms in total. The first-order valence-corrected chi connectivity index (χ1v) is 4.74. The van der Waals surface area contributed by atoms with Gasteiger partial charge in [0.2, 0.25) is 11.8 Å². The first-order valence-electron chi connectivity index (χ1n) is 4.74. The molecule has 0 saturated heterocycles. The van der Waals surface area contributed by atoms with Gasteiger partial charge >= 0.3 is 0 Å². The van der Waals surface area contributed by atoms with Gasteiger partial charge in [-0.15, -0.1) is 0 Å². The number of hydrogen-bond acceptors (Lipinski definition) is 6. The van der Waals surface area contributed by atoms with Gasteiger partial charge in [-0.25, -0.2) is 9.97 Å². The molecular weight excluding hydrogens is 208 g/mol. The predicted molar refractivity (Wildman–Crippen MR) is 57.9 cm³/mol. The summed E-state index contributed by atoms with van der Waals surface area (Å²) >= 11 is 0. The number of hydrogen-bond donors (Lipinski definition) is 0. The third-order valence-electron chi connectivity index (χ3n) is 1.66. The highest BCUT2D eigenvalue weighted by Gasteiger charge is 1.90. The second-order valence-corrected chi connectivity index (χ2v) is 2.81. The zero-order valence-electron chi connectivity index (χ0n) is 8.48. The van der Waals surface area contributed by atoms with Crippen LogP contribution < -0.4 is 0 Å². The van der Waals surface area contributed by atoms with Crippen LogP contribution in [0.25, 0.3) is 0 Å². The topological polar surface area (TPSA) is 76.8 Å². The molecule has 0 spiro atoms. The lowest BCUT2D eigenvalue weighted by Crippen LogP contribution is -1.90. The average molecular weight is 218 g/mol. The third-order valence-corrected chi connectivity index (χ3v) is 1.66. The van der Waals surface area contributed by atoms with Crippen molar-refractivity contribution in [3.63, 3.8) is 0 Å². The molecule has 0 N–H and O–H groups in total. The largest absolute Gasteiger partial charge is 0.444 e. The highest BCUT2D eigenvalue weighted by atomic mass is 16.3. The van der Waals surface area contributed by atoms with Crippen LogP contribution in [0.3, 0.4) is 0 Å². The standard InChI is InChI=1S/C10H10N4O2/c1(11-7-9-13-3-5-15-9)2-12-8-10-14-4-6-16-10/h3-8H,1-2H2. The maximum absolute atomic E-state index is 4.98. The lowest BCUT2D eigenvalue weighted by molar-refractivity contribution is 0.549. The van der Waals surface area contributed by atoms with Gasteiger partial charge in [0.25, 0.3) is 0 Å². The lowest BCUT2D eigenvalue weighted by atomic mass is 10.6. The van der Waals surface area contributed by atoms with Crippen LogP contribution in [0.4, 0.5) is 0 Å². The number of nitrogens with zero attached hydrogens (tertiary/aromatic N) is 4. The predicted octanol–water partition coefficient (Wildman–Crippen LogP) is 1.20. The molecule has 0 saturated carbocycles. The van der Waals surface area contributed by atoms with E-state index in [0.717, 1.165) is 0 Å². The van der Waals surface area contributed by atoms with E-state index >= 15 is 0 Å². The van der Waals surface area contributed by atoms with Crippen molar-refractivity contribution >= 4 is 12.4 Å². The molecule has 0 aliphatic heterocycles. The Labute approximate surface area is 91.8 Å². The normalized spacial score (nSPS) is 11.8. The van der Waals surface area contributed by atoms with Gasteiger partial charge in [0, 0.05) is 0 Å². The molecule has 0 unspecified atom stereocenters. The summed E-state index contributed by atoms with van der Waals surface area (Å²) in [5, 5.41) is 0. The first-order chi connectivity index (χ1) is 7.95. The van der Waals surface area contributed by atoms with Gasteiger partial charge in [0.05, 0.1) is 37.9 Å². The lowest BCUT2D eigenvalue weighted by Gasteiger charge is -1.86. The van der Waals surface area contributed by atoms with Crippen LogP contribution in [0.2, 0.25) is 0 Å². The zero-order chi connectivity index (χ0) is 11.1. The van der Waals surface area contributed by atoms with Crippen LogP contribution >= 0.6 is 0 Å². The van der Waals surface area contributed by atoms with Crippen LogP contribution in [-0.2, 0) is 0 Å². The zero-order valence-corrected chi connectivity index (χ0v) is 8.48. The Hall–Kier alpha value is -2.24. The molecule has 0 bridgehead atoms. The summed E-state index contributed by atoms with van der Waals surface area (Å²) in [6, 6.07) is 0. The highest BCUT2D eigenvalue weighted by Crippen LogP contribution is 1.90. The van der Waals surface area contributed by atoms with Crippen molar-refractivity contribution in [2.45, 2.75) is 0 Å². The van der Waals surface area contributed by atoms with Gasteiger partial charge in [-0.05, 0) is 0 Å². The fourth-order valence-electron chi connectivity index (χ4n) is 0.997. The molecule has 2 rings (SSSR count). The van der Waals surface area contributed by atoms with E-state index < -0.39 is 0 Å². The monoisotopic (exact) mass is 218 g/mol. The molecular formula is C10H10N4O2. The molecule has 0 fully saturated rings. The first kappa shape index (κ1) is 10.3. The fraction of sp³-hybridized carbons (Fsp3) is 0.200. The quantitative estimate of drug-likeness (QED) is 0.558. The molecule has 0 radical (unpaired) electrons. The van der Waals surface area contributed by atoms with Crippen molar-refractivity contribution in [1.82, 2.24) is 9.97 Å². The molecule has 0 amide bonds. The van der Waals surface area contributed by atoms with Crippen LogP contribution in [-0.4, -0.2) is 35.5 Å². The van der Waals surface area contributed by atoms with Crippen LogP contribution in [0.1, 0.15) is 11.8 Å². The van der Waals surface area contributed by atoms with E-state index in [1.165, 1.54) is 12.5 Å². The Morgan fingerprint density at radius 2 is 1.44 bits per heavy atom. The molecule has 82 valence electrons. The molecule has 2 heterocycles. The van der Waals surface area contributed by atoms with Gasteiger partial charge in [-0.3, -0.25) is 9.98 Å². The molecule has 0 aliphatic rings. The van der Waals surface area contributed by atoms with Crippen molar-refractivity contribution in [2.75, 3.05) is 13.1 Å². The van der Waals surface area contributed by atoms with Crippen molar-refractivity contribution in [1.29, 1.82) is 0 Å². The Kier molecular flexibility index (Phi) is 3.60. The van der Waals surface area contributed by atoms with Crippen LogP contribution in [0.15, 0.2) is 43.7 Å². The smallest absolute Gasteiger partial charge is 0.236 e. The van der Waals surface area contributed by atoms with Crippen molar-refractivity contribution < 1.29 is 8.83 Å². The SMILES string of the molecule is C(=NCCN=Cc1ncco1)c1ncco1. The summed E-state index contributed by atoms with van der Waals surface area (Å²) in [4.78, 5) is 16.0. The van der Waals surface area contributed by atoms with Gasteiger partial charge in [0.1, 0.15) is 12.5 Å². The molecule has 2 aromatic rings. The van der Waals surface area contributed by atoms with Gasteiger partial charge < -0.3 is 8.83 Å². The fourth-order valence-corrected chi connectivity index (χ4v) is 0.997. The summed E-state index contributed by atoms with van der Waals surface area (Å²) in [5.74, 6) is 0.994. The van der Waals surface area contributed by atoms with Gasteiger partial charge in [-0.1, -0.05) is 0 Å². The minimum atomic E-state index is 0.497. The molecule has 2 aromatic heterocycles. The third kappa shape index (κ3) is 3.16. The van der Waals surface area contributed by atoms with Crippen LogP contribution in [0.5, 0.6) is 0 Å². The van der Waals surface area contributed by atoms with E-state index in [0.29, 0.717) is 24.9 Å². The maximum atomic E-state index is 4.98. The van der Waals surface area contributed by atoms with E-state index in [4.69, 9.17) is 8.83 Å². The molecule has 6 heteroatoms. The summed E-state index contributed by atoms with van der Waals surface area (Å²) < 4.78 is 9.95. The summed E-state index contributed by atoms with van der Waals surface area (Å²) in [7, 11) is 0.